The fraction of sp³-hybridized carbons (Fsp3) is 0.917. The molecule has 7 heteroatoms. The first-order valence-electron chi connectivity index (χ1n) is 6.27. The summed E-state index contributed by atoms with van der Waals surface area (Å²) in [5.74, 6) is -1.91. The Labute approximate surface area is 109 Å². The number of rotatable bonds is 1. The fourth-order valence-corrected chi connectivity index (χ4v) is 3.69. The number of nitrogens with zero attached hydrogens (tertiary/aromatic N) is 1. The van der Waals surface area contributed by atoms with E-state index in [0.29, 0.717) is 6.42 Å². The summed E-state index contributed by atoms with van der Waals surface area (Å²) in [5.41, 5.74) is -2.34. The molecule has 2 heterocycles. The molecule has 110 valence electrons. The molecule has 0 aromatic heterocycles. The van der Waals surface area contributed by atoms with Crippen LogP contribution in [-0.2, 0) is 9.53 Å². The van der Waals surface area contributed by atoms with Crippen molar-refractivity contribution in [1.29, 1.82) is 0 Å². The van der Waals surface area contributed by atoms with Crippen LogP contribution in [0.5, 0.6) is 0 Å². The van der Waals surface area contributed by atoms with Crippen LogP contribution in [0.25, 0.3) is 0 Å². The first kappa shape index (κ1) is 14.6. The van der Waals surface area contributed by atoms with Crippen molar-refractivity contribution < 1.29 is 27.8 Å². The molecule has 2 aliphatic rings. The van der Waals surface area contributed by atoms with Crippen molar-refractivity contribution in [3.05, 3.63) is 0 Å². The van der Waals surface area contributed by atoms with E-state index in [1.165, 1.54) is 13.8 Å². The molecule has 2 aliphatic heterocycles. The lowest BCUT2D eigenvalue weighted by atomic mass is 9.80. The predicted molar refractivity (Wildman–Crippen MR) is 60.3 cm³/mol. The number of ether oxygens (including phenoxy) is 1. The van der Waals surface area contributed by atoms with Gasteiger partial charge in [0.25, 0.3) is 0 Å². The lowest BCUT2D eigenvalue weighted by Gasteiger charge is -2.49. The van der Waals surface area contributed by atoms with Crippen molar-refractivity contribution in [2.75, 3.05) is 0 Å². The van der Waals surface area contributed by atoms with Crippen LogP contribution in [0.15, 0.2) is 0 Å². The molecule has 0 aromatic rings. The first-order chi connectivity index (χ1) is 8.50. The monoisotopic (exact) mass is 281 g/mol. The van der Waals surface area contributed by atoms with Crippen molar-refractivity contribution >= 4 is 5.91 Å². The summed E-state index contributed by atoms with van der Waals surface area (Å²) in [4.78, 5) is 12.4. The number of amides is 1. The lowest BCUT2D eigenvalue weighted by molar-refractivity contribution is -0.214. The molecule has 0 aliphatic carbocycles. The topological polar surface area (TPSA) is 49.8 Å². The lowest BCUT2D eigenvalue weighted by Crippen LogP contribution is -2.65. The molecule has 0 radical (unpaired) electrons. The van der Waals surface area contributed by atoms with Gasteiger partial charge in [-0.15, -0.1) is 0 Å². The largest absolute Gasteiger partial charge is 0.471 e. The molecule has 2 saturated heterocycles. The summed E-state index contributed by atoms with van der Waals surface area (Å²) in [6.07, 6.45) is -6.33. The molecular formula is C12H18F3NO3. The van der Waals surface area contributed by atoms with Crippen LogP contribution in [0, 0.1) is 0 Å². The van der Waals surface area contributed by atoms with Crippen molar-refractivity contribution in [2.45, 2.75) is 69.7 Å². The second-order valence-electron chi connectivity index (χ2n) is 5.73. The van der Waals surface area contributed by atoms with Gasteiger partial charge in [-0.25, -0.2) is 0 Å². The third-order valence-electron chi connectivity index (χ3n) is 4.60. The Morgan fingerprint density at radius 1 is 1.42 bits per heavy atom. The summed E-state index contributed by atoms with van der Waals surface area (Å²) in [6, 6.07) is -0.955. The molecule has 1 amide bonds. The highest BCUT2D eigenvalue weighted by Gasteiger charge is 2.73. The molecule has 4 nitrogen and oxygen atoms in total. The number of morpholine rings is 1. The third kappa shape index (κ3) is 1.57. The summed E-state index contributed by atoms with van der Waals surface area (Å²) in [7, 11) is 0. The molecule has 0 spiro atoms. The van der Waals surface area contributed by atoms with Gasteiger partial charge in [0, 0.05) is 0 Å². The van der Waals surface area contributed by atoms with Crippen LogP contribution < -0.4 is 0 Å². The maximum Gasteiger partial charge on any atom is 0.471 e. The van der Waals surface area contributed by atoms with Crippen LogP contribution in [0.4, 0.5) is 13.2 Å². The Balaban J connectivity index is 2.50. The Morgan fingerprint density at radius 2 is 1.95 bits per heavy atom. The summed E-state index contributed by atoms with van der Waals surface area (Å²) < 4.78 is 43.9. The zero-order valence-electron chi connectivity index (χ0n) is 11.3. The molecule has 0 saturated carbocycles. The van der Waals surface area contributed by atoms with Crippen molar-refractivity contribution in [1.82, 2.24) is 4.90 Å². The van der Waals surface area contributed by atoms with E-state index >= 15 is 0 Å². The number of carbonyl (C=O) groups is 1. The van der Waals surface area contributed by atoms with Gasteiger partial charge < -0.3 is 14.7 Å². The van der Waals surface area contributed by atoms with E-state index in [1.807, 2.05) is 0 Å². The average Bonchev–Trinajstić information content (AvgIpc) is 2.60. The summed E-state index contributed by atoms with van der Waals surface area (Å²) in [5, 5.41) is 10.3. The van der Waals surface area contributed by atoms with E-state index in [9.17, 15) is 23.1 Å². The van der Waals surface area contributed by atoms with Crippen LogP contribution in [0.3, 0.4) is 0 Å². The Morgan fingerprint density at radius 3 is 2.32 bits per heavy atom. The number of hydrogen-bond acceptors (Lipinski definition) is 3. The number of aliphatic hydroxyl groups is 1. The van der Waals surface area contributed by atoms with Crippen molar-refractivity contribution in [3.8, 4) is 0 Å². The van der Waals surface area contributed by atoms with Crippen molar-refractivity contribution in [3.63, 3.8) is 0 Å². The molecule has 0 unspecified atom stereocenters. The standard InChI is InChI=1S/C12H18F3NO3/c1-5-11-8(17)7(6(2)19-11)16(10(11,3)4)9(18)12(13,14)15/h6-8,17H,5H2,1-4H3/t6-,7+,8-,11+/m0/s1. The number of likely N-dealkylation sites (tertiary alicyclic amines) is 1. The van der Waals surface area contributed by atoms with E-state index in [0.717, 1.165) is 4.90 Å². The minimum absolute atomic E-state index is 0.337. The average molecular weight is 281 g/mol. The van der Waals surface area contributed by atoms with Crippen molar-refractivity contribution in [2.24, 2.45) is 0 Å². The second-order valence-corrected chi connectivity index (χ2v) is 5.73. The van der Waals surface area contributed by atoms with Crippen LogP contribution in [-0.4, -0.2) is 51.5 Å². The van der Waals surface area contributed by atoms with Crippen LogP contribution in [0.2, 0.25) is 0 Å². The molecule has 2 bridgehead atoms. The van der Waals surface area contributed by atoms with Gasteiger partial charge in [-0.05, 0) is 27.2 Å². The Bertz CT molecular complexity index is 410. The minimum Gasteiger partial charge on any atom is -0.388 e. The minimum atomic E-state index is -4.95. The van der Waals surface area contributed by atoms with E-state index in [4.69, 9.17) is 4.74 Å². The predicted octanol–water partition coefficient (Wildman–Crippen LogP) is 1.47. The molecule has 19 heavy (non-hydrogen) atoms. The molecule has 2 rings (SSSR count). The van der Waals surface area contributed by atoms with Gasteiger partial charge >= 0.3 is 12.1 Å². The third-order valence-corrected chi connectivity index (χ3v) is 4.60. The maximum absolute atomic E-state index is 12.7. The molecular weight excluding hydrogens is 263 g/mol. The van der Waals surface area contributed by atoms with E-state index in [2.05, 4.69) is 0 Å². The van der Waals surface area contributed by atoms with Gasteiger partial charge in [0.05, 0.1) is 17.7 Å². The second kappa shape index (κ2) is 3.85. The van der Waals surface area contributed by atoms with Crippen LogP contribution >= 0.6 is 0 Å². The van der Waals surface area contributed by atoms with Gasteiger partial charge in [-0.2, -0.15) is 13.2 Å². The first-order valence-corrected chi connectivity index (χ1v) is 6.27. The zero-order valence-corrected chi connectivity index (χ0v) is 11.3. The highest BCUT2D eigenvalue weighted by atomic mass is 19.4. The highest BCUT2D eigenvalue weighted by Crippen LogP contribution is 2.54. The number of carbonyl (C=O) groups excluding carboxylic acids is 1. The van der Waals surface area contributed by atoms with Gasteiger partial charge in [0.2, 0.25) is 0 Å². The van der Waals surface area contributed by atoms with Gasteiger partial charge in [-0.3, -0.25) is 4.79 Å². The SMILES string of the molecule is CC[C@@]12O[C@@H](C)[C@H]([C@@H]1O)N(C(=O)C(F)(F)F)C2(C)C. The quantitative estimate of drug-likeness (QED) is 0.792. The molecule has 4 atom stereocenters. The number of hydrogen-bond donors (Lipinski definition) is 1. The molecule has 2 fully saturated rings. The maximum atomic E-state index is 12.7. The Hall–Kier alpha value is -0.820. The number of alkyl halides is 3. The number of halogens is 3. The number of aliphatic hydroxyl groups excluding tert-OH is 1. The molecule has 0 aromatic carbocycles. The molecule has 1 N–H and O–H groups in total. The summed E-state index contributed by atoms with van der Waals surface area (Å²) >= 11 is 0. The van der Waals surface area contributed by atoms with Crippen LogP contribution in [0.1, 0.15) is 34.1 Å². The van der Waals surface area contributed by atoms with Gasteiger partial charge in [-0.1, -0.05) is 6.92 Å². The van der Waals surface area contributed by atoms with Gasteiger partial charge in [0.15, 0.2) is 0 Å². The zero-order chi connectivity index (χ0) is 14.8. The normalized spacial score (nSPS) is 40.8. The summed E-state index contributed by atoms with van der Waals surface area (Å²) in [6.45, 7) is 6.34. The highest BCUT2D eigenvalue weighted by molar-refractivity contribution is 5.84. The van der Waals surface area contributed by atoms with Gasteiger partial charge in [0.1, 0.15) is 11.7 Å². The smallest absolute Gasteiger partial charge is 0.388 e. The van der Waals surface area contributed by atoms with E-state index in [1.54, 1.807) is 13.8 Å². The Kier molecular flexibility index (Phi) is 2.96. The van der Waals surface area contributed by atoms with E-state index in [-0.39, 0.29) is 0 Å². The fourth-order valence-electron chi connectivity index (χ4n) is 3.69. The number of fused-ring (bicyclic) bond motifs is 2. The van der Waals surface area contributed by atoms with E-state index < -0.39 is 41.5 Å².